The van der Waals surface area contributed by atoms with Gasteiger partial charge in [-0.05, 0) is 26.0 Å². The van der Waals surface area contributed by atoms with Crippen molar-refractivity contribution in [2.45, 2.75) is 38.5 Å². The maximum Gasteiger partial charge on any atom is 0.293 e. The van der Waals surface area contributed by atoms with E-state index in [1.54, 1.807) is 24.3 Å². The highest BCUT2D eigenvalue weighted by molar-refractivity contribution is 5.93. The largest absolute Gasteiger partial charge is 0.438 e. The van der Waals surface area contributed by atoms with Gasteiger partial charge in [0.2, 0.25) is 17.5 Å². The zero-order chi connectivity index (χ0) is 21.9. The molecule has 31 heavy (non-hydrogen) atoms. The molecule has 11 heteroatoms. The molecule has 3 aromatic heterocycles. The molecule has 4 aromatic rings. The summed E-state index contributed by atoms with van der Waals surface area (Å²) in [6, 6.07) is 6.24. The van der Waals surface area contributed by atoms with Gasteiger partial charge in [-0.3, -0.25) is 4.79 Å². The molecule has 0 aliphatic carbocycles. The minimum absolute atomic E-state index is 0.0544. The molecule has 9 nitrogen and oxygen atoms in total. The van der Waals surface area contributed by atoms with Crippen molar-refractivity contribution in [1.82, 2.24) is 24.8 Å². The summed E-state index contributed by atoms with van der Waals surface area (Å²) < 4.78 is 38.4. The van der Waals surface area contributed by atoms with Crippen molar-refractivity contribution in [3.05, 3.63) is 65.2 Å². The first-order valence-corrected chi connectivity index (χ1v) is 9.44. The van der Waals surface area contributed by atoms with E-state index in [9.17, 15) is 18.7 Å². The molecule has 0 unspecified atom stereocenters. The third kappa shape index (κ3) is 3.08. The third-order valence-electron chi connectivity index (χ3n) is 5.03. The summed E-state index contributed by atoms with van der Waals surface area (Å²) in [6.45, 7) is 2.71. The molecular weight excluding hydrogens is 412 g/mol. The van der Waals surface area contributed by atoms with Gasteiger partial charge < -0.3 is 23.8 Å². The molecule has 1 aliphatic rings. The number of amides is 1. The molecule has 1 aromatic carbocycles. The van der Waals surface area contributed by atoms with Crippen molar-refractivity contribution in [1.29, 1.82) is 0 Å². The minimum atomic E-state index is -3.07. The van der Waals surface area contributed by atoms with E-state index in [4.69, 9.17) is 8.83 Å². The zero-order valence-electron chi connectivity index (χ0n) is 16.5. The molecule has 0 radical (unpaired) electrons. The summed E-state index contributed by atoms with van der Waals surface area (Å²) in [4.78, 5) is 30.0. The summed E-state index contributed by atoms with van der Waals surface area (Å²) in [5.41, 5.74) is -0.236. The molecule has 1 aliphatic heterocycles. The van der Waals surface area contributed by atoms with Crippen LogP contribution in [-0.4, -0.2) is 35.8 Å². The summed E-state index contributed by atoms with van der Waals surface area (Å²) in [6.07, 6.45) is -1.59. The summed E-state index contributed by atoms with van der Waals surface area (Å²) >= 11 is 0. The first-order valence-electron chi connectivity index (χ1n) is 9.44. The lowest BCUT2D eigenvalue weighted by atomic mass is 10.1. The molecule has 0 bridgehead atoms. The number of halogens is 2. The van der Waals surface area contributed by atoms with E-state index in [-0.39, 0.29) is 18.3 Å². The van der Waals surface area contributed by atoms with Gasteiger partial charge >= 0.3 is 0 Å². The minimum Gasteiger partial charge on any atom is -0.438 e. The van der Waals surface area contributed by atoms with Gasteiger partial charge in [0.1, 0.15) is 11.1 Å². The number of hydrogen-bond donors (Lipinski definition) is 2. The van der Waals surface area contributed by atoms with Crippen LogP contribution in [0.4, 0.5) is 8.78 Å². The van der Waals surface area contributed by atoms with Crippen LogP contribution in [-0.2, 0) is 12.1 Å². The number of alkyl halides is 2. The Balaban J connectivity index is 1.60. The van der Waals surface area contributed by atoms with Gasteiger partial charge in [0, 0.05) is 0 Å². The Morgan fingerprint density at radius 1 is 1.29 bits per heavy atom. The predicted molar refractivity (Wildman–Crippen MR) is 101 cm³/mol. The van der Waals surface area contributed by atoms with Gasteiger partial charge in [-0.25, -0.2) is 23.7 Å². The van der Waals surface area contributed by atoms with Gasteiger partial charge in [-0.2, -0.15) is 0 Å². The fourth-order valence-corrected chi connectivity index (χ4v) is 3.57. The van der Waals surface area contributed by atoms with Crippen LogP contribution in [0.15, 0.2) is 39.4 Å². The molecule has 5 rings (SSSR count). The highest BCUT2D eigenvalue weighted by Crippen LogP contribution is 2.39. The number of aromatic nitrogens is 4. The Kier molecular flexibility index (Phi) is 4.19. The van der Waals surface area contributed by atoms with Crippen molar-refractivity contribution in [3.63, 3.8) is 0 Å². The Labute approximate surface area is 173 Å². The normalized spacial score (nSPS) is 16.5. The molecule has 1 amide bonds. The Morgan fingerprint density at radius 3 is 2.77 bits per heavy atom. The van der Waals surface area contributed by atoms with E-state index in [1.807, 2.05) is 0 Å². The molecule has 0 saturated carbocycles. The summed E-state index contributed by atoms with van der Waals surface area (Å²) in [5, 5.41) is 10.1. The lowest BCUT2D eigenvalue weighted by Gasteiger charge is -2.21. The Hall–Kier alpha value is -3.60. The van der Waals surface area contributed by atoms with Crippen molar-refractivity contribution < 1.29 is 27.5 Å². The second-order valence-electron chi connectivity index (χ2n) is 7.71. The molecular formula is C20H17F2N5O4. The van der Waals surface area contributed by atoms with Crippen LogP contribution in [0.1, 0.15) is 65.7 Å². The van der Waals surface area contributed by atoms with Crippen LogP contribution >= 0.6 is 0 Å². The molecule has 0 spiro atoms. The van der Waals surface area contributed by atoms with Crippen LogP contribution in [0.2, 0.25) is 0 Å². The van der Waals surface area contributed by atoms with Crippen molar-refractivity contribution in [3.8, 4) is 0 Å². The summed E-state index contributed by atoms with van der Waals surface area (Å²) in [5.74, 6) is -1.66. The van der Waals surface area contributed by atoms with E-state index in [1.165, 1.54) is 25.1 Å². The molecule has 2 N–H and O–H groups in total. The number of hydrogen-bond acceptors (Lipinski definition) is 7. The standard InChI is InChI=1S/C20H17F2N5O4/c1-20(2,29)19-26-13(16(21)22)15(31-19)18(28)27-7-10-12(24-8-23-10)14(27)17-25-9-5-3-4-6-11(9)30-17/h3-6,8,14,16,29H,7H2,1-2H3,(H,23,24)/t14-/m1/s1. The number of rotatable bonds is 4. The average Bonchev–Trinajstić information content (AvgIpc) is 3.46. The maximum atomic E-state index is 13.6. The second kappa shape index (κ2) is 6.71. The SMILES string of the molecule is CC(C)(O)c1nc(C(F)F)c(C(=O)N2Cc3[nH]cnc3[C@@H]2c2nc3ccccc3o2)o1. The molecule has 0 fully saturated rings. The topological polar surface area (TPSA) is 121 Å². The predicted octanol–water partition coefficient (Wildman–Crippen LogP) is 3.45. The number of aliphatic hydroxyl groups is 1. The average molecular weight is 429 g/mol. The first kappa shape index (κ1) is 19.4. The van der Waals surface area contributed by atoms with Gasteiger partial charge in [0.05, 0.1) is 24.3 Å². The Morgan fingerprint density at radius 2 is 2.06 bits per heavy atom. The number of imidazole rings is 1. The van der Waals surface area contributed by atoms with Crippen LogP contribution in [0.25, 0.3) is 11.1 Å². The zero-order valence-corrected chi connectivity index (χ0v) is 16.5. The highest BCUT2D eigenvalue weighted by Gasteiger charge is 2.43. The Bertz CT molecular complexity index is 1250. The number of H-pyrrole nitrogens is 1. The van der Waals surface area contributed by atoms with Gasteiger partial charge in [0.15, 0.2) is 17.3 Å². The second-order valence-corrected chi connectivity index (χ2v) is 7.71. The summed E-state index contributed by atoms with van der Waals surface area (Å²) in [7, 11) is 0. The van der Waals surface area contributed by atoms with Gasteiger partial charge in [-0.15, -0.1) is 0 Å². The van der Waals surface area contributed by atoms with E-state index in [0.29, 0.717) is 22.5 Å². The third-order valence-corrected chi connectivity index (χ3v) is 5.03. The fraction of sp³-hybridized carbons (Fsp3) is 0.300. The smallest absolute Gasteiger partial charge is 0.293 e. The number of aromatic amines is 1. The monoisotopic (exact) mass is 429 g/mol. The number of oxazole rings is 2. The number of benzene rings is 1. The maximum absolute atomic E-state index is 13.6. The molecule has 1 atom stereocenters. The number of fused-ring (bicyclic) bond motifs is 2. The molecule has 4 heterocycles. The van der Waals surface area contributed by atoms with E-state index >= 15 is 0 Å². The highest BCUT2D eigenvalue weighted by atomic mass is 19.3. The number of carbonyl (C=O) groups is 1. The van der Waals surface area contributed by atoms with Crippen LogP contribution < -0.4 is 0 Å². The number of para-hydroxylation sites is 2. The van der Waals surface area contributed by atoms with Crippen LogP contribution in [0, 0.1) is 0 Å². The van der Waals surface area contributed by atoms with Gasteiger partial charge in [-0.1, -0.05) is 12.1 Å². The fourth-order valence-electron chi connectivity index (χ4n) is 3.57. The first-order chi connectivity index (χ1) is 14.7. The van der Waals surface area contributed by atoms with Crippen LogP contribution in [0.3, 0.4) is 0 Å². The number of carbonyl (C=O) groups excluding carboxylic acids is 1. The number of nitrogens with one attached hydrogen (secondary N) is 1. The van der Waals surface area contributed by atoms with Crippen molar-refractivity contribution in [2.75, 3.05) is 0 Å². The lowest BCUT2D eigenvalue weighted by molar-refractivity contribution is 0.0441. The number of nitrogens with zero attached hydrogens (tertiary/aromatic N) is 4. The molecule has 0 saturated heterocycles. The van der Waals surface area contributed by atoms with E-state index in [0.717, 1.165) is 0 Å². The quantitative estimate of drug-likeness (QED) is 0.510. The molecule has 160 valence electrons. The van der Waals surface area contributed by atoms with E-state index in [2.05, 4.69) is 19.9 Å². The van der Waals surface area contributed by atoms with Crippen molar-refractivity contribution in [2.24, 2.45) is 0 Å². The van der Waals surface area contributed by atoms with Crippen molar-refractivity contribution >= 4 is 17.0 Å². The lowest BCUT2D eigenvalue weighted by Crippen LogP contribution is -2.31. The van der Waals surface area contributed by atoms with Gasteiger partial charge in [0.25, 0.3) is 12.3 Å². The van der Waals surface area contributed by atoms with E-state index < -0.39 is 35.4 Å². The van der Waals surface area contributed by atoms with Crippen LogP contribution in [0.5, 0.6) is 0 Å².